The summed E-state index contributed by atoms with van der Waals surface area (Å²) in [5.41, 5.74) is 15.7. The summed E-state index contributed by atoms with van der Waals surface area (Å²) in [5, 5.41) is 7.39. The summed E-state index contributed by atoms with van der Waals surface area (Å²) in [7, 11) is 0. The monoisotopic (exact) mass is 753 g/mol. The molecule has 2 heteroatoms. The average Bonchev–Trinajstić information content (AvgIpc) is 3.70. The molecule has 0 aliphatic heterocycles. The highest BCUT2D eigenvalue weighted by molar-refractivity contribution is 6.14. The Morgan fingerprint density at radius 3 is 1.46 bits per heavy atom. The lowest BCUT2D eigenvalue weighted by molar-refractivity contribution is 0.670. The number of hydrogen-bond donors (Lipinski definition) is 0. The third kappa shape index (κ3) is 6.14. The number of hydrogen-bond acceptors (Lipinski definition) is 2. The maximum atomic E-state index is 6.50. The van der Waals surface area contributed by atoms with Crippen LogP contribution in [0.15, 0.2) is 223 Å². The van der Waals surface area contributed by atoms with E-state index in [-0.39, 0.29) is 0 Å². The molecule has 0 fully saturated rings. The Hall–Kier alpha value is -7.68. The molecule has 0 amide bonds. The largest absolute Gasteiger partial charge is 0.455 e. The lowest BCUT2D eigenvalue weighted by Crippen LogP contribution is -2.09. The van der Waals surface area contributed by atoms with E-state index in [1.807, 2.05) is 0 Å². The van der Waals surface area contributed by atoms with Gasteiger partial charge >= 0.3 is 0 Å². The number of anilines is 3. The van der Waals surface area contributed by atoms with Crippen LogP contribution in [0.5, 0.6) is 0 Å². The predicted octanol–water partition coefficient (Wildman–Crippen LogP) is 16.3. The van der Waals surface area contributed by atoms with Gasteiger partial charge in [0.1, 0.15) is 11.2 Å². The van der Waals surface area contributed by atoms with Gasteiger partial charge in [0, 0.05) is 33.4 Å². The van der Waals surface area contributed by atoms with Crippen LogP contribution >= 0.6 is 0 Å². The first-order chi connectivity index (χ1) is 29.2. The van der Waals surface area contributed by atoms with E-state index in [4.69, 9.17) is 4.42 Å². The predicted molar refractivity (Wildman–Crippen MR) is 250 cm³/mol. The lowest BCUT2D eigenvalue weighted by Gasteiger charge is -2.26. The van der Waals surface area contributed by atoms with Crippen LogP contribution in [0.2, 0.25) is 0 Å². The van der Waals surface area contributed by atoms with Crippen LogP contribution in [0.1, 0.15) is 5.56 Å². The van der Waals surface area contributed by atoms with Gasteiger partial charge in [-0.05, 0) is 122 Å². The van der Waals surface area contributed by atoms with Gasteiger partial charge in [-0.2, -0.15) is 0 Å². The van der Waals surface area contributed by atoms with E-state index < -0.39 is 0 Å². The van der Waals surface area contributed by atoms with Gasteiger partial charge in [0.2, 0.25) is 0 Å². The van der Waals surface area contributed by atoms with Crippen molar-refractivity contribution in [3.8, 4) is 44.5 Å². The van der Waals surface area contributed by atoms with Crippen molar-refractivity contribution < 1.29 is 4.42 Å². The maximum Gasteiger partial charge on any atom is 0.143 e. The Morgan fingerprint density at radius 2 is 0.814 bits per heavy atom. The van der Waals surface area contributed by atoms with Crippen molar-refractivity contribution in [2.75, 3.05) is 4.90 Å². The fraction of sp³-hybridized carbons (Fsp3) is 0.0175. The molecule has 59 heavy (non-hydrogen) atoms. The Bertz CT molecular complexity index is 3290. The molecule has 2 nitrogen and oxygen atoms in total. The summed E-state index contributed by atoms with van der Waals surface area (Å²) in [6.45, 7) is 2.15. The Kier molecular flexibility index (Phi) is 8.41. The first-order valence-corrected chi connectivity index (χ1v) is 20.2. The highest BCUT2D eigenvalue weighted by Gasteiger charge is 2.17. The summed E-state index contributed by atoms with van der Waals surface area (Å²) in [6.07, 6.45) is 0. The Balaban J connectivity index is 0.985. The molecule has 0 aliphatic rings. The zero-order valence-electron chi connectivity index (χ0n) is 32.6. The summed E-state index contributed by atoms with van der Waals surface area (Å²) in [6, 6.07) is 78.7. The quantitative estimate of drug-likeness (QED) is 0.151. The van der Waals surface area contributed by atoms with Crippen LogP contribution in [0.25, 0.3) is 88.0 Å². The van der Waals surface area contributed by atoms with Crippen LogP contribution < -0.4 is 4.90 Å². The second-order valence-electron chi connectivity index (χ2n) is 15.3. The number of fused-ring (bicyclic) bond motifs is 6. The van der Waals surface area contributed by atoms with E-state index in [0.29, 0.717) is 0 Å². The fourth-order valence-corrected chi connectivity index (χ4v) is 8.86. The minimum absolute atomic E-state index is 0.922. The standard InChI is InChI=1S/C57H39NO/c1-38-11-9-20-55-56(38)53-19-10-18-50(57(53)59-55)43-27-33-47(34-28-43)58(46-31-25-42(26-32-46)41-23-21-40(22-24-41)39-12-3-2-4-13-39)48-35-29-44(30-36-48)54-37-45-14-5-6-15-49(45)51-16-7-8-17-52(51)54/h2-37H,1H3. The minimum Gasteiger partial charge on any atom is -0.455 e. The number of rotatable bonds is 7. The molecule has 11 aromatic rings. The first-order valence-electron chi connectivity index (χ1n) is 20.2. The molecule has 0 saturated carbocycles. The van der Waals surface area contributed by atoms with Crippen LogP contribution in [0.4, 0.5) is 17.1 Å². The van der Waals surface area contributed by atoms with E-state index in [2.05, 4.69) is 230 Å². The second-order valence-corrected chi connectivity index (χ2v) is 15.3. The molecule has 0 spiro atoms. The van der Waals surface area contributed by atoms with Gasteiger partial charge in [0.15, 0.2) is 0 Å². The number of para-hydroxylation sites is 1. The number of furan rings is 1. The van der Waals surface area contributed by atoms with Crippen molar-refractivity contribution in [1.82, 2.24) is 0 Å². The van der Waals surface area contributed by atoms with Gasteiger partial charge < -0.3 is 9.32 Å². The molecule has 0 N–H and O–H groups in total. The lowest BCUT2D eigenvalue weighted by atomic mass is 9.93. The Morgan fingerprint density at radius 1 is 0.339 bits per heavy atom. The maximum absolute atomic E-state index is 6.50. The molecule has 0 saturated heterocycles. The van der Waals surface area contributed by atoms with E-state index in [1.165, 1.54) is 65.9 Å². The van der Waals surface area contributed by atoms with Crippen molar-refractivity contribution in [2.24, 2.45) is 0 Å². The van der Waals surface area contributed by atoms with Crippen LogP contribution in [0, 0.1) is 6.92 Å². The summed E-state index contributed by atoms with van der Waals surface area (Å²) in [5.74, 6) is 0. The first kappa shape index (κ1) is 34.6. The molecular weight excluding hydrogens is 715 g/mol. The highest BCUT2D eigenvalue weighted by atomic mass is 16.3. The fourth-order valence-electron chi connectivity index (χ4n) is 8.86. The van der Waals surface area contributed by atoms with Gasteiger partial charge in [-0.1, -0.05) is 170 Å². The van der Waals surface area contributed by atoms with Crippen molar-refractivity contribution in [3.63, 3.8) is 0 Å². The van der Waals surface area contributed by atoms with E-state index in [0.717, 1.165) is 44.7 Å². The minimum atomic E-state index is 0.922. The van der Waals surface area contributed by atoms with Gasteiger partial charge in [0.25, 0.3) is 0 Å². The van der Waals surface area contributed by atoms with E-state index in [9.17, 15) is 0 Å². The smallest absolute Gasteiger partial charge is 0.143 e. The molecule has 1 heterocycles. The number of nitrogens with zero attached hydrogens (tertiary/aromatic N) is 1. The van der Waals surface area contributed by atoms with Crippen molar-refractivity contribution in [1.29, 1.82) is 0 Å². The highest BCUT2D eigenvalue weighted by Crippen LogP contribution is 2.42. The van der Waals surface area contributed by atoms with Crippen molar-refractivity contribution >= 4 is 60.5 Å². The van der Waals surface area contributed by atoms with Gasteiger partial charge in [-0.25, -0.2) is 0 Å². The molecule has 0 atom stereocenters. The van der Waals surface area contributed by atoms with Crippen LogP contribution in [-0.4, -0.2) is 0 Å². The number of benzene rings is 10. The molecule has 0 aliphatic carbocycles. The average molecular weight is 754 g/mol. The summed E-state index contributed by atoms with van der Waals surface area (Å²) >= 11 is 0. The van der Waals surface area contributed by atoms with Crippen LogP contribution in [0.3, 0.4) is 0 Å². The van der Waals surface area contributed by atoms with Crippen LogP contribution in [-0.2, 0) is 0 Å². The third-order valence-electron chi connectivity index (χ3n) is 11.8. The van der Waals surface area contributed by atoms with Gasteiger partial charge in [0.05, 0.1) is 0 Å². The van der Waals surface area contributed by atoms with Crippen molar-refractivity contribution in [2.45, 2.75) is 6.92 Å². The van der Waals surface area contributed by atoms with Gasteiger partial charge in [-0.3, -0.25) is 0 Å². The van der Waals surface area contributed by atoms with Gasteiger partial charge in [-0.15, -0.1) is 0 Å². The molecule has 278 valence electrons. The SMILES string of the molecule is Cc1cccc2oc3c(-c4ccc(N(c5ccc(-c6ccc(-c7ccccc7)cc6)cc5)c5ccc(-c6cc7ccccc7c7ccccc67)cc5)cc4)cccc3c12. The Labute approximate surface area is 343 Å². The second kappa shape index (κ2) is 14.4. The van der Waals surface area contributed by atoms with Crippen molar-refractivity contribution in [3.05, 3.63) is 224 Å². The normalized spacial score (nSPS) is 11.5. The molecule has 1 aromatic heterocycles. The third-order valence-corrected chi connectivity index (χ3v) is 11.8. The molecule has 0 bridgehead atoms. The molecule has 10 aromatic carbocycles. The number of aryl methyl sites for hydroxylation is 1. The molecule has 0 radical (unpaired) electrons. The molecular formula is C57H39NO. The van der Waals surface area contributed by atoms with E-state index >= 15 is 0 Å². The zero-order chi connectivity index (χ0) is 39.3. The summed E-state index contributed by atoms with van der Waals surface area (Å²) < 4.78 is 6.50. The molecule has 11 rings (SSSR count). The molecule has 0 unspecified atom stereocenters. The van der Waals surface area contributed by atoms with E-state index in [1.54, 1.807) is 0 Å². The summed E-state index contributed by atoms with van der Waals surface area (Å²) in [4.78, 5) is 2.35. The zero-order valence-corrected chi connectivity index (χ0v) is 32.6. The topological polar surface area (TPSA) is 16.4 Å².